The van der Waals surface area contributed by atoms with Gasteiger partial charge in [-0.2, -0.15) is 18.3 Å². The van der Waals surface area contributed by atoms with E-state index in [9.17, 15) is 22.8 Å². The molecule has 0 unspecified atom stereocenters. The van der Waals surface area contributed by atoms with Crippen LogP contribution in [0.15, 0.2) is 24.3 Å². The number of benzene rings is 1. The van der Waals surface area contributed by atoms with E-state index in [4.69, 9.17) is 0 Å². The lowest BCUT2D eigenvalue weighted by Crippen LogP contribution is -2.36. The van der Waals surface area contributed by atoms with E-state index in [1.165, 1.54) is 30.7 Å². The number of amides is 1. The number of alkyl halides is 3. The summed E-state index contributed by atoms with van der Waals surface area (Å²) >= 11 is 0. The molecule has 1 aromatic carbocycles. The summed E-state index contributed by atoms with van der Waals surface area (Å²) < 4.78 is 39.9. The molecule has 5 nitrogen and oxygen atoms in total. The van der Waals surface area contributed by atoms with Crippen LogP contribution in [0.2, 0.25) is 0 Å². The van der Waals surface area contributed by atoms with Crippen molar-refractivity contribution < 1.29 is 22.8 Å². The first-order chi connectivity index (χ1) is 11.5. The van der Waals surface area contributed by atoms with Crippen molar-refractivity contribution in [2.45, 2.75) is 39.9 Å². The molecule has 1 aromatic heterocycles. The van der Waals surface area contributed by atoms with E-state index in [0.717, 1.165) is 12.1 Å². The highest BCUT2D eigenvalue weighted by atomic mass is 19.4. The standard InChI is InChI=1S/C17H18F3N3O2/c1-9(2)21-16(25)15(24)14-10(3)22-23(11(14)4)13-7-5-6-12(8-13)17(18,19)20/h5-9H,1-4H3,(H,21,25). The van der Waals surface area contributed by atoms with Crippen molar-refractivity contribution in [2.75, 3.05) is 0 Å². The molecule has 0 saturated carbocycles. The normalized spacial score (nSPS) is 11.7. The topological polar surface area (TPSA) is 64.0 Å². The molecule has 1 N–H and O–H groups in total. The number of rotatable bonds is 4. The van der Waals surface area contributed by atoms with Crippen molar-refractivity contribution in [3.8, 4) is 5.69 Å². The molecule has 25 heavy (non-hydrogen) atoms. The van der Waals surface area contributed by atoms with Gasteiger partial charge in [0.2, 0.25) is 0 Å². The van der Waals surface area contributed by atoms with Gasteiger partial charge >= 0.3 is 6.18 Å². The van der Waals surface area contributed by atoms with Crippen LogP contribution in [0, 0.1) is 13.8 Å². The molecule has 1 heterocycles. The van der Waals surface area contributed by atoms with Crippen molar-refractivity contribution in [1.29, 1.82) is 0 Å². The van der Waals surface area contributed by atoms with Crippen LogP contribution in [0.1, 0.15) is 41.2 Å². The van der Waals surface area contributed by atoms with Crippen LogP contribution < -0.4 is 5.32 Å². The minimum atomic E-state index is -4.48. The van der Waals surface area contributed by atoms with Gasteiger partial charge < -0.3 is 5.32 Å². The summed E-state index contributed by atoms with van der Waals surface area (Å²) in [6.07, 6.45) is -4.48. The van der Waals surface area contributed by atoms with Crippen molar-refractivity contribution in [3.05, 3.63) is 46.8 Å². The average Bonchev–Trinajstić information content (AvgIpc) is 2.80. The Morgan fingerprint density at radius 3 is 2.40 bits per heavy atom. The highest BCUT2D eigenvalue weighted by Gasteiger charge is 2.31. The van der Waals surface area contributed by atoms with Gasteiger partial charge in [0, 0.05) is 6.04 Å². The SMILES string of the molecule is Cc1nn(-c2cccc(C(F)(F)F)c2)c(C)c1C(=O)C(=O)NC(C)C. The summed E-state index contributed by atoms with van der Waals surface area (Å²) in [5.74, 6) is -1.54. The summed E-state index contributed by atoms with van der Waals surface area (Å²) in [4.78, 5) is 24.3. The Labute approximate surface area is 142 Å². The Morgan fingerprint density at radius 2 is 1.84 bits per heavy atom. The molecule has 0 bridgehead atoms. The van der Waals surface area contributed by atoms with Crippen LogP contribution in [0.5, 0.6) is 0 Å². The van der Waals surface area contributed by atoms with Gasteiger partial charge in [-0.05, 0) is 45.9 Å². The second-order valence-electron chi connectivity index (χ2n) is 5.96. The van der Waals surface area contributed by atoms with Crippen molar-refractivity contribution >= 4 is 11.7 Å². The fraction of sp³-hybridized carbons (Fsp3) is 0.353. The van der Waals surface area contributed by atoms with Gasteiger partial charge in [-0.25, -0.2) is 4.68 Å². The molecule has 0 aliphatic carbocycles. The molecular formula is C17H18F3N3O2. The maximum absolute atomic E-state index is 12.9. The van der Waals surface area contributed by atoms with Gasteiger partial charge in [-0.3, -0.25) is 9.59 Å². The summed E-state index contributed by atoms with van der Waals surface area (Å²) in [7, 11) is 0. The number of nitrogens with one attached hydrogen (secondary N) is 1. The summed E-state index contributed by atoms with van der Waals surface area (Å²) in [6, 6.07) is 4.41. The van der Waals surface area contributed by atoms with Gasteiger partial charge in [0.1, 0.15) is 0 Å². The molecule has 0 fully saturated rings. The Hall–Kier alpha value is -2.64. The number of carbonyl (C=O) groups excluding carboxylic acids is 2. The molecule has 0 radical (unpaired) electrons. The maximum atomic E-state index is 12.9. The molecule has 2 aromatic rings. The Morgan fingerprint density at radius 1 is 1.20 bits per heavy atom. The maximum Gasteiger partial charge on any atom is 0.416 e. The summed E-state index contributed by atoms with van der Waals surface area (Å²) in [6.45, 7) is 6.51. The Kier molecular flexibility index (Phi) is 5.01. The molecule has 1 amide bonds. The van der Waals surface area contributed by atoms with Gasteiger partial charge in [-0.1, -0.05) is 6.07 Å². The molecule has 134 valence electrons. The van der Waals surface area contributed by atoms with E-state index in [1.807, 2.05) is 0 Å². The third-order valence-electron chi connectivity index (χ3n) is 3.56. The Balaban J connectivity index is 2.47. The van der Waals surface area contributed by atoms with Crippen molar-refractivity contribution in [1.82, 2.24) is 15.1 Å². The highest BCUT2D eigenvalue weighted by molar-refractivity contribution is 6.43. The molecule has 0 atom stereocenters. The number of hydrogen-bond donors (Lipinski definition) is 1. The van der Waals surface area contributed by atoms with Gasteiger partial charge in [-0.15, -0.1) is 0 Å². The van der Waals surface area contributed by atoms with Crippen LogP contribution in [-0.4, -0.2) is 27.5 Å². The molecule has 0 saturated heterocycles. The lowest BCUT2D eigenvalue weighted by molar-refractivity contribution is -0.137. The second-order valence-corrected chi connectivity index (χ2v) is 5.96. The van der Waals surface area contributed by atoms with E-state index in [-0.39, 0.29) is 23.0 Å². The van der Waals surface area contributed by atoms with Gasteiger partial charge in [0.05, 0.1) is 28.2 Å². The summed E-state index contributed by atoms with van der Waals surface area (Å²) in [5.41, 5.74) is 0.0248. The monoisotopic (exact) mass is 353 g/mol. The fourth-order valence-corrected chi connectivity index (χ4v) is 2.48. The zero-order valence-corrected chi connectivity index (χ0v) is 14.2. The predicted molar refractivity (Wildman–Crippen MR) is 85.6 cm³/mol. The number of hydrogen-bond acceptors (Lipinski definition) is 3. The number of carbonyl (C=O) groups is 2. The number of aromatic nitrogens is 2. The molecule has 2 rings (SSSR count). The third kappa shape index (κ3) is 3.89. The average molecular weight is 353 g/mol. The van der Waals surface area contributed by atoms with Crippen LogP contribution in [0.4, 0.5) is 13.2 Å². The Bertz CT molecular complexity index is 823. The third-order valence-corrected chi connectivity index (χ3v) is 3.56. The first-order valence-corrected chi connectivity index (χ1v) is 7.61. The zero-order chi connectivity index (χ0) is 18.9. The fourth-order valence-electron chi connectivity index (χ4n) is 2.48. The second kappa shape index (κ2) is 6.70. The van der Waals surface area contributed by atoms with Crippen LogP contribution in [0.3, 0.4) is 0 Å². The van der Waals surface area contributed by atoms with Crippen molar-refractivity contribution in [3.63, 3.8) is 0 Å². The molecule has 0 aliphatic rings. The molecule has 0 aliphatic heterocycles. The van der Waals surface area contributed by atoms with Crippen LogP contribution >= 0.6 is 0 Å². The predicted octanol–water partition coefficient (Wildman–Crippen LogP) is 3.22. The summed E-state index contributed by atoms with van der Waals surface area (Å²) in [5, 5.41) is 6.63. The van der Waals surface area contributed by atoms with E-state index < -0.39 is 23.4 Å². The van der Waals surface area contributed by atoms with Crippen molar-refractivity contribution in [2.24, 2.45) is 0 Å². The number of halogens is 3. The largest absolute Gasteiger partial charge is 0.416 e. The number of aryl methyl sites for hydroxylation is 1. The minimum Gasteiger partial charge on any atom is -0.347 e. The number of Topliss-reactive ketones (excluding diaryl/α,β-unsaturated/α-hetero) is 1. The van der Waals surface area contributed by atoms with E-state index in [0.29, 0.717) is 5.69 Å². The zero-order valence-electron chi connectivity index (χ0n) is 14.2. The van der Waals surface area contributed by atoms with E-state index >= 15 is 0 Å². The van der Waals surface area contributed by atoms with E-state index in [2.05, 4.69) is 10.4 Å². The van der Waals surface area contributed by atoms with Gasteiger partial charge in [0.25, 0.3) is 11.7 Å². The first kappa shape index (κ1) is 18.7. The quantitative estimate of drug-likeness (QED) is 0.678. The van der Waals surface area contributed by atoms with Crippen LogP contribution in [-0.2, 0) is 11.0 Å². The number of nitrogens with zero attached hydrogens (tertiary/aromatic N) is 2. The smallest absolute Gasteiger partial charge is 0.347 e. The first-order valence-electron chi connectivity index (χ1n) is 7.61. The molecule has 0 spiro atoms. The van der Waals surface area contributed by atoms with E-state index in [1.54, 1.807) is 13.8 Å². The van der Waals surface area contributed by atoms with Gasteiger partial charge in [0.15, 0.2) is 0 Å². The minimum absolute atomic E-state index is 0.0931. The van der Waals surface area contributed by atoms with Crippen LogP contribution in [0.25, 0.3) is 5.69 Å². The highest BCUT2D eigenvalue weighted by Crippen LogP contribution is 2.30. The molecule has 8 heteroatoms. The lowest BCUT2D eigenvalue weighted by Gasteiger charge is -2.10. The molecular weight excluding hydrogens is 335 g/mol. The number of ketones is 1. The lowest BCUT2D eigenvalue weighted by atomic mass is 10.1.